The Morgan fingerprint density at radius 2 is 1.40 bits per heavy atom. The summed E-state index contributed by atoms with van der Waals surface area (Å²) in [6, 6.07) is 0. The van der Waals surface area contributed by atoms with Crippen molar-refractivity contribution in [2.45, 2.75) is 84.5 Å². The van der Waals surface area contributed by atoms with Crippen LogP contribution in [0.3, 0.4) is 0 Å². The van der Waals surface area contributed by atoms with Gasteiger partial charge in [0.25, 0.3) is 0 Å². The van der Waals surface area contributed by atoms with Crippen LogP contribution in [0.1, 0.15) is 84.5 Å². The van der Waals surface area contributed by atoms with Gasteiger partial charge >= 0.3 is 5.97 Å². The summed E-state index contributed by atoms with van der Waals surface area (Å²) in [5, 5.41) is 0. The third kappa shape index (κ3) is 15.9. The van der Waals surface area contributed by atoms with Crippen molar-refractivity contribution in [3.63, 3.8) is 0 Å². The lowest BCUT2D eigenvalue weighted by atomic mass is 10.1. The highest BCUT2D eigenvalue weighted by Gasteiger charge is 2.01. The molecule has 0 aromatic rings. The quantitative estimate of drug-likeness (QED) is 0.291. The number of ether oxygens (including phenoxy) is 1. The fourth-order valence-electron chi connectivity index (χ4n) is 2.15. The molecule has 0 radical (unpaired) electrons. The Bertz CT molecular complexity index is 207. The minimum absolute atomic E-state index is 0.0260. The highest BCUT2D eigenvalue weighted by atomic mass is 32.2. The van der Waals surface area contributed by atoms with Crippen LogP contribution in [-0.4, -0.2) is 24.1 Å². The van der Waals surface area contributed by atoms with E-state index in [0.717, 1.165) is 17.9 Å². The maximum Gasteiger partial charge on any atom is 0.306 e. The van der Waals surface area contributed by atoms with Crippen molar-refractivity contribution in [2.75, 3.05) is 18.1 Å². The van der Waals surface area contributed by atoms with Crippen molar-refractivity contribution >= 4 is 17.7 Å². The molecule has 0 amide bonds. The molecule has 0 aliphatic rings. The molecular weight excluding hydrogens is 268 g/mol. The molecule has 0 spiro atoms. The number of thioether (sulfide) groups is 1. The van der Waals surface area contributed by atoms with E-state index >= 15 is 0 Å². The van der Waals surface area contributed by atoms with Crippen molar-refractivity contribution in [1.82, 2.24) is 0 Å². The van der Waals surface area contributed by atoms with Gasteiger partial charge < -0.3 is 4.74 Å². The first-order chi connectivity index (χ1) is 9.81. The van der Waals surface area contributed by atoms with Gasteiger partial charge in [0, 0.05) is 5.75 Å². The van der Waals surface area contributed by atoms with Gasteiger partial charge in [-0.15, -0.1) is 0 Å². The van der Waals surface area contributed by atoms with Crippen molar-refractivity contribution in [1.29, 1.82) is 0 Å². The van der Waals surface area contributed by atoms with E-state index in [4.69, 9.17) is 4.74 Å². The average molecular weight is 303 g/mol. The molecule has 2 nitrogen and oxygen atoms in total. The van der Waals surface area contributed by atoms with Crippen LogP contribution in [0.2, 0.25) is 0 Å². The Kier molecular flexibility index (Phi) is 16.7. The van der Waals surface area contributed by atoms with Crippen molar-refractivity contribution in [3.8, 4) is 0 Å². The topological polar surface area (TPSA) is 26.3 Å². The largest absolute Gasteiger partial charge is 0.466 e. The number of rotatable bonds is 15. The number of hydrogen-bond donors (Lipinski definition) is 0. The Hall–Kier alpha value is -0.180. The van der Waals surface area contributed by atoms with Gasteiger partial charge in [-0.05, 0) is 12.2 Å². The lowest BCUT2D eigenvalue weighted by Crippen LogP contribution is -2.06. The fourth-order valence-corrected chi connectivity index (χ4v) is 2.75. The number of unbranched alkanes of at least 4 members (excludes halogenated alkanes) is 9. The van der Waals surface area contributed by atoms with Gasteiger partial charge in [-0.2, -0.15) is 11.8 Å². The van der Waals surface area contributed by atoms with Gasteiger partial charge in [-0.1, -0.05) is 71.6 Å². The Morgan fingerprint density at radius 3 is 1.95 bits per heavy atom. The molecule has 0 unspecified atom stereocenters. The van der Waals surface area contributed by atoms with E-state index in [9.17, 15) is 4.79 Å². The molecule has 0 aromatic carbocycles. The summed E-state index contributed by atoms with van der Waals surface area (Å²) in [4.78, 5) is 11.3. The molecule has 0 fully saturated rings. The molecule has 0 atom stereocenters. The van der Waals surface area contributed by atoms with Crippen molar-refractivity contribution in [3.05, 3.63) is 0 Å². The van der Waals surface area contributed by atoms with Gasteiger partial charge in [0.1, 0.15) is 0 Å². The fraction of sp³-hybridized carbons (Fsp3) is 0.941. The Labute approximate surface area is 130 Å². The van der Waals surface area contributed by atoms with E-state index in [1.165, 1.54) is 57.8 Å². The Balaban J connectivity index is 3.07. The normalized spacial score (nSPS) is 10.7. The second kappa shape index (κ2) is 16.9. The monoisotopic (exact) mass is 302 g/mol. The third-order valence-electron chi connectivity index (χ3n) is 3.42. The summed E-state index contributed by atoms with van der Waals surface area (Å²) in [5.74, 6) is 1.95. The zero-order chi connectivity index (χ0) is 14.9. The molecule has 0 aliphatic carbocycles. The first-order valence-corrected chi connectivity index (χ1v) is 9.70. The molecular formula is C17H34O2S. The molecule has 0 saturated carbocycles. The van der Waals surface area contributed by atoms with Crippen LogP contribution in [0.15, 0.2) is 0 Å². The van der Waals surface area contributed by atoms with Crippen LogP contribution in [0.25, 0.3) is 0 Å². The number of hydrogen-bond acceptors (Lipinski definition) is 3. The highest BCUT2D eigenvalue weighted by Crippen LogP contribution is 2.10. The maximum atomic E-state index is 11.3. The summed E-state index contributed by atoms with van der Waals surface area (Å²) in [6.45, 7) is 4.99. The standard InChI is InChI=1S/C17H34O2S/c1-3-5-6-7-8-9-10-11-12-13-15-19-17(18)14-16-20-4-2/h3-16H2,1-2H3. The molecule has 0 aliphatic heterocycles. The summed E-state index contributed by atoms with van der Waals surface area (Å²) in [6.07, 6.45) is 13.7. The van der Waals surface area contributed by atoms with E-state index < -0.39 is 0 Å². The first kappa shape index (κ1) is 19.8. The summed E-state index contributed by atoms with van der Waals surface area (Å²) in [5.41, 5.74) is 0. The number of esters is 1. The molecule has 0 bridgehead atoms. The molecule has 0 saturated heterocycles. The van der Waals surface area contributed by atoms with Crippen LogP contribution in [0.4, 0.5) is 0 Å². The van der Waals surface area contributed by atoms with E-state index in [2.05, 4.69) is 13.8 Å². The van der Waals surface area contributed by atoms with Gasteiger partial charge in [0.2, 0.25) is 0 Å². The second-order valence-electron chi connectivity index (χ2n) is 5.35. The minimum atomic E-state index is -0.0260. The predicted molar refractivity (Wildman–Crippen MR) is 90.4 cm³/mol. The minimum Gasteiger partial charge on any atom is -0.466 e. The molecule has 20 heavy (non-hydrogen) atoms. The lowest BCUT2D eigenvalue weighted by Gasteiger charge is -2.05. The van der Waals surface area contributed by atoms with Gasteiger partial charge in [0.05, 0.1) is 13.0 Å². The first-order valence-electron chi connectivity index (χ1n) is 8.54. The lowest BCUT2D eigenvalue weighted by molar-refractivity contribution is -0.143. The molecule has 0 aromatic heterocycles. The maximum absolute atomic E-state index is 11.3. The molecule has 0 rings (SSSR count). The van der Waals surface area contributed by atoms with Crippen LogP contribution in [-0.2, 0) is 9.53 Å². The predicted octanol–water partition coefficient (Wildman–Crippen LogP) is 5.59. The molecule has 3 heteroatoms. The zero-order valence-electron chi connectivity index (χ0n) is 13.6. The molecule has 0 N–H and O–H groups in total. The van der Waals surface area contributed by atoms with Gasteiger partial charge in [0.15, 0.2) is 0 Å². The van der Waals surface area contributed by atoms with Crippen molar-refractivity contribution < 1.29 is 9.53 Å². The Morgan fingerprint density at radius 1 is 0.850 bits per heavy atom. The second-order valence-corrected chi connectivity index (χ2v) is 6.74. The van der Waals surface area contributed by atoms with Gasteiger partial charge in [-0.3, -0.25) is 4.79 Å². The van der Waals surface area contributed by atoms with Crippen LogP contribution >= 0.6 is 11.8 Å². The smallest absolute Gasteiger partial charge is 0.306 e. The van der Waals surface area contributed by atoms with E-state index in [1.54, 1.807) is 11.8 Å². The number of carbonyl (C=O) groups is 1. The van der Waals surface area contributed by atoms with Crippen LogP contribution in [0.5, 0.6) is 0 Å². The SMILES string of the molecule is CCCCCCCCCCCCOC(=O)CCSCC. The summed E-state index contributed by atoms with van der Waals surface area (Å²) < 4.78 is 5.21. The summed E-state index contributed by atoms with van der Waals surface area (Å²) >= 11 is 1.80. The van der Waals surface area contributed by atoms with E-state index in [0.29, 0.717) is 13.0 Å². The van der Waals surface area contributed by atoms with E-state index in [1.807, 2.05) is 0 Å². The molecule has 120 valence electrons. The average Bonchev–Trinajstić information content (AvgIpc) is 2.45. The number of carbonyl (C=O) groups excluding carboxylic acids is 1. The van der Waals surface area contributed by atoms with Crippen LogP contribution < -0.4 is 0 Å². The zero-order valence-corrected chi connectivity index (χ0v) is 14.4. The molecule has 0 heterocycles. The van der Waals surface area contributed by atoms with E-state index in [-0.39, 0.29) is 5.97 Å². The third-order valence-corrected chi connectivity index (χ3v) is 4.32. The van der Waals surface area contributed by atoms with Crippen LogP contribution in [0, 0.1) is 0 Å². The highest BCUT2D eigenvalue weighted by molar-refractivity contribution is 7.99. The van der Waals surface area contributed by atoms with Crippen molar-refractivity contribution in [2.24, 2.45) is 0 Å². The van der Waals surface area contributed by atoms with Gasteiger partial charge in [-0.25, -0.2) is 0 Å². The summed E-state index contributed by atoms with van der Waals surface area (Å²) in [7, 11) is 0.